The Bertz CT molecular complexity index is 658. The van der Waals surface area contributed by atoms with Crippen molar-refractivity contribution in [1.82, 2.24) is 9.97 Å². The van der Waals surface area contributed by atoms with E-state index < -0.39 is 0 Å². The Kier molecular flexibility index (Phi) is 3.19. The van der Waals surface area contributed by atoms with Crippen molar-refractivity contribution in [3.05, 3.63) is 41.7 Å². The number of nitrogens with two attached hydrogens (primary N) is 1. The number of aromatic nitrogens is 2. The van der Waals surface area contributed by atoms with Crippen LogP contribution in [-0.2, 0) is 0 Å². The Labute approximate surface area is 116 Å². The van der Waals surface area contributed by atoms with E-state index in [2.05, 4.69) is 21.5 Å². The molecule has 1 fully saturated rings. The van der Waals surface area contributed by atoms with Gasteiger partial charge in [0.25, 0.3) is 0 Å². The molecule has 0 unspecified atom stereocenters. The van der Waals surface area contributed by atoms with E-state index in [-0.39, 0.29) is 0 Å². The first kappa shape index (κ1) is 12.4. The summed E-state index contributed by atoms with van der Waals surface area (Å²) in [6, 6.07) is 10.6. The van der Waals surface area contributed by atoms with Gasteiger partial charge in [-0.3, -0.25) is 0 Å². The zero-order valence-electron chi connectivity index (χ0n) is 10.7. The zero-order chi connectivity index (χ0) is 13.9. The van der Waals surface area contributed by atoms with E-state index in [9.17, 15) is 0 Å². The molecule has 1 aliphatic rings. The molecule has 1 aliphatic carbocycles. The van der Waals surface area contributed by atoms with Crippen molar-refractivity contribution in [1.29, 1.82) is 5.26 Å². The molecule has 0 saturated heterocycles. The fraction of sp³-hybridized carbons (Fsp3) is 0.214. The van der Waals surface area contributed by atoms with Crippen LogP contribution in [0.1, 0.15) is 30.1 Å². The van der Waals surface area contributed by atoms with Crippen LogP contribution in [0, 0.1) is 11.3 Å². The Morgan fingerprint density at radius 1 is 1.25 bits per heavy atom. The van der Waals surface area contributed by atoms with E-state index in [1.807, 2.05) is 0 Å². The molecular weight excluding hydrogens is 254 g/mol. The van der Waals surface area contributed by atoms with Gasteiger partial charge in [-0.1, -0.05) is 0 Å². The van der Waals surface area contributed by atoms with Crippen LogP contribution in [0.4, 0.5) is 5.82 Å². The Morgan fingerprint density at radius 2 is 2.00 bits per heavy atom. The summed E-state index contributed by atoms with van der Waals surface area (Å²) in [6.45, 7) is 0. The second-order valence-corrected chi connectivity index (χ2v) is 4.61. The molecule has 0 radical (unpaired) electrons. The number of nitrogens with one attached hydrogen (secondary N) is 1. The molecule has 2 aromatic rings. The van der Waals surface area contributed by atoms with Gasteiger partial charge < -0.3 is 10.2 Å². The minimum absolute atomic E-state index is 0.409. The normalized spacial score (nSPS) is 13.6. The number of anilines is 1. The molecule has 0 amide bonds. The Hall–Kier alpha value is -2.65. The molecular formula is C14H13N5O. The largest absolute Gasteiger partial charge is 0.439 e. The molecule has 3 rings (SSSR count). The summed E-state index contributed by atoms with van der Waals surface area (Å²) < 4.78 is 5.68. The van der Waals surface area contributed by atoms with Gasteiger partial charge in [-0.05, 0) is 37.1 Å². The summed E-state index contributed by atoms with van der Waals surface area (Å²) in [5.74, 6) is 8.17. The second-order valence-electron chi connectivity index (χ2n) is 4.61. The van der Waals surface area contributed by atoms with E-state index in [1.54, 1.807) is 30.3 Å². The van der Waals surface area contributed by atoms with E-state index >= 15 is 0 Å². The Balaban J connectivity index is 1.85. The number of ether oxygens (including phenoxy) is 1. The van der Waals surface area contributed by atoms with Gasteiger partial charge in [0, 0.05) is 12.0 Å². The molecule has 0 bridgehead atoms. The summed E-state index contributed by atoms with van der Waals surface area (Å²) in [5, 5.41) is 8.76. The summed E-state index contributed by atoms with van der Waals surface area (Å²) in [6.07, 6.45) is 2.20. The number of hydrogen-bond acceptors (Lipinski definition) is 6. The first-order chi connectivity index (χ1) is 9.78. The van der Waals surface area contributed by atoms with Gasteiger partial charge in [0.1, 0.15) is 17.4 Å². The van der Waals surface area contributed by atoms with Gasteiger partial charge in [0.15, 0.2) is 0 Å². The number of nitrogen functional groups attached to an aromatic ring is 1. The predicted octanol–water partition coefficient (Wildman–Crippen LogP) is 2.30. The van der Waals surface area contributed by atoms with Crippen LogP contribution in [0.5, 0.6) is 11.6 Å². The standard InChI is InChI=1S/C14H13N5O/c15-8-9-1-5-11(6-2-9)20-13-7-12(19-16)17-14(18-13)10-3-4-10/h1-2,5-7,10H,3-4,16H2,(H,17,18,19). The van der Waals surface area contributed by atoms with Gasteiger partial charge in [0.05, 0.1) is 11.6 Å². The minimum Gasteiger partial charge on any atom is -0.439 e. The summed E-state index contributed by atoms with van der Waals surface area (Å²) in [4.78, 5) is 8.70. The second kappa shape index (κ2) is 5.15. The van der Waals surface area contributed by atoms with Crippen LogP contribution >= 0.6 is 0 Å². The van der Waals surface area contributed by atoms with Gasteiger partial charge in [-0.2, -0.15) is 10.2 Å². The molecule has 6 nitrogen and oxygen atoms in total. The summed E-state index contributed by atoms with van der Waals surface area (Å²) in [7, 11) is 0. The average molecular weight is 267 g/mol. The number of nitrogens with zero attached hydrogens (tertiary/aromatic N) is 3. The van der Waals surface area contributed by atoms with Gasteiger partial charge in [-0.15, -0.1) is 0 Å². The van der Waals surface area contributed by atoms with Crippen LogP contribution in [0.25, 0.3) is 0 Å². The summed E-state index contributed by atoms with van der Waals surface area (Å²) in [5.41, 5.74) is 3.11. The predicted molar refractivity (Wildman–Crippen MR) is 73.0 cm³/mol. The maximum atomic E-state index is 8.76. The van der Waals surface area contributed by atoms with Crippen molar-refractivity contribution in [2.75, 3.05) is 5.43 Å². The van der Waals surface area contributed by atoms with Crippen LogP contribution in [0.3, 0.4) is 0 Å². The first-order valence-electron chi connectivity index (χ1n) is 6.32. The third-order valence-corrected chi connectivity index (χ3v) is 3.02. The topological polar surface area (TPSA) is 96.8 Å². The SMILES string of the molecule is N#Cc1ccc(Oc2cc(NN)nc(C3CC3)n2)cc1. The fourth-order valence-corrected chi connectivity index (χ4v) is 1.81. The lowest BCUT2D eigenvalue weighted by Crippen LogP contribution is -2.10. The van der Waals surface area contributed by atoms with E-state index in [0.29, 0.717) is 28.9 Å². The third kappa shape index (κ3) is 2.68. The van der Waals surface area contributed by atoms with E-state index in [1.165, 1.54) is 0 Å². The molecule has 0 spiro atoms. The minimum atomic E-state index is 0.409. The molecule has 100 valence electrons. The van der Waals surface area contributed by atoms with Crippen molar-refractivity contribution in [3.8, 4) is 17.7 Å². The summed E-state index contributed by atoms with van der Waals surface area (Å²) >= 11 is 0. The van der Waals surface area contributed by atoms with Gasteiger partial charge >= 0.3 is 0 Å². The molecule has 6 heteroatoms. The number of rotatable bonds is 4. The van der Waals surface area contributed by atoms with Crippen molar-refractivity contribution >= 4 is 5.82 Å². The lowest BCUT2D eigenvalue weighted by molar-refractivity contribution is 0.459. The highest BCUT2D eigenvalue weighted by Gasteiger charge is 2.27. The van der Waals surface area contributed by atoms with Crippen LogP contribution < -0.4 is 16.0 Å². The lowest BCUT2D eigenvalue weighted by Gasteiger charge is -2.08. The molecule has 3 N–H and O–H groups in total. The maximum Gasteiger partial charge on any atom is 0.224 e. The number of benzene rings is 1. The highest BCUT2D eigenvalue weighted by Crippen LogP contribution is 2.39. The number of hydrogen-bond donors (Lipinski definition) is 2. The zero-order valence-corrected chi connectivity index (χ0v) is 10.7. The van der Waals surface area contributed by atoms with Crippen molar-refractivity contribution in [3.63, 3.8) is 0 Å². The maximum absolute atomic E-state index is 8.76. The quantitative estimate of drug-likeness (QED) is 0.651. The number of hydrazine groups is 1. The van der Waals surface area contributed by atoms with Crippen LogP contribution in [-0.4, -0.2) is 9.97 Å². The molecule has 0 atom stereocenters. The molecule has 0 aliphatic heterocycles. The molecule has 1 saturated carbocycles. The smallest absolute Gasteiger partial charge is 0.224 e. The lowest BCUT2D eigenvalue weighted by atomic mass is 10.2. The van der Waals surface area contributed by atoms with Gasteiger partial charge in [0.2, 0.25) is 5.88 Å². The van der Waals surface area contributed by atoms with Crippen molar-refractivity contribution in [2.45, 2.75) is 18.8 Å². The molecule has 1 heterocycles. The van der Waals surface area contributed by atoms with Crippen molar-refractivity contribution < 1.29 is 4.74 Å². The van der Waals surface area contributed by atoms with E-state index in [4.69, 9.17) is 15.8 Å². The van der Waals surface area contributed by atoms with Gasteiger partial charge in [-0.25, -0.2) is 10.8 Å². The van der Waals surface area contributed by atoms with Crippen LogP contribution in [0.2, 0.25) is 0 Å². The number of nitriles is 1. The highest BCUT2D eigenvalue weighted by molar-refractivity contribution is 5.41. The fourth-order valence-electron chi connectivity index (χ4n) is 1.81. The first-order valence-corrected chi connectivity index (χ1v) is 6.32. The monoisotopic (exact) mass is 267 g/mol. The average Bonchev–Trinajstić information content (AvgIpc) is 3.32. The molecule has 1 aromatic heterocycles. The van der Waals surface area contributed by atoms with Crippen LogP contribution in [0.15, 0.2) is 30.3 Å². The molecule has 20 heavy (non-hydrogen) atoms. The third-order valence-electron chi connectivity index (χ3n) is 3.02. The highest BCUT2D eigenvalue weighted by atomic mass is 16.5. The molecule has 1 aromatic carbocycles. The van der Waals surface area contributed by atoms with Crippen molar-refractivity contribution in [2.24, 2.45) is 5.84 Å². The van der Waals surface area contributed by atoms with E-state index in [0.717, 1.165) is 18.7 Å². The Morgan fingerprint density at radius 3 is 2.60 bits per heavy atom.